The molecule has 3 rings (SSSR count). The number of rotatable bonds is 1. The van der Waals surface area contributed by atoms with Crippen molar-refractivity contribution in [3.63, 3.8) is 0 Å². The maximum atomic E-state index is 4.76. The standard InChI is InChI=1S/C14H23N3/c1-11-16-13-10-15-9-8-14(13)17(11)12-6-4-2-3-5-7-12/h12,15H,2-10H2,1H3. The lowest BCUT2D eigenvalue weighted by molar-refractivity contribution is 0.418. The van der Waals surface area contributed by atoms with Crippen LogP contribution in [0.5, 0.6) is 0 Å². The van der Waals surface area contributed by atoms with E-state index in [1.807, 2.05) is 0 Å². The minimum atomic E-state index is 0.729. The van der Waals surface area contributed by atoms with E-state index >= 15 is 0 Å². The first kappa shape index (κ1) is 11.3. The predicted octanol–water partition coefficient (Wildman–Crippen LogP) is 2.73. The minimum Gasteiger partial charge on any atom is -0.329 e. The summed E-state index contributed by atoms with van der Waals surface area (Å²) in [6, 6.07) is 0.729. The Balaban J connectivity index is 1.92. The van der Waals surface area contributed by atoms with Gasteiger partial charge in [-0.05, 0) is 19.8 Å². The summed E-state index contributed by atoms with van der Waals surface area (Å²) in [5, 5.41) is 3.42. The summed E-state index contributed by atoms with van der Waals surface area (Å²) >= 11 is 0. The maximum Gasteiger partial charge on any atom is 0.106 e. The average molecular weight is 233 g/mol. The third kappa shape index (κ3) is 2.13. The number of hydrogen-bond acceptors (Lipinski definition) is 2. The molecule has 17 heavy (non-hydrogen) atoms. The summed E-state index contributed by atoms with van der Waals surface area (Å²) in [5.74, 6) is 1.24. The second kappa shape index (κ2) is 4.81. The van der Waals surface area contributed by atoms with Gasteiger partial charge >= 0.3 is 0 Å². The molecule has 0 amide bonds. The molecule has 1 aliphatic heterocycles. The van der Waals surface area contributed by atoms with E-state index in [-0.39, 0.29) is 0 Å². The highest BCUT2D eigenvalue weighted by atomic mass is 15.1. The molecule has 3 nitrogen and oxygen atoms in total. The number of imidazole rings is 1. The molecule has 2 heterocycles. The minimum absolute atomic E-state index is 0.729. The molecule has 0 bridgehead atoms. The van der Waals surface area contributed by atoms with E-state index in [2.05, 4.69) is 16.8 Å². The number of aryl methyl sites for hydroxylation is 1. The average Bonchev–Trinajstić information content (AvgIpc) is 2.53. The van der Waals surface area contributed by atoms with Gasteiger partial charge in [0.05, 0.1) is 5.69 Å². The van der Waals surface area contributed by atoms with Crippen molar-refractivity contribution < 1.29 is 0 Å². The normalized spacial score (nSPS) is 22.2. The van der Waals surface area contributed by atoms with Gasteiger partial charge in [-0.1, -0.05) is 25.7 Å². The van der Waals surface area contributed by atoms with Gasteiger partial charge in [-0.3, -0.25) is 0 Å². The number of fused-ring (bicyclic) bond motifs is 1. The molecule has 3 heteroatoms. The van der Waals surface area contributed by atoms with E-state index in [0.717, 1.165) is 25.6 Å². The molecule has 0 spiro atoms. The molecule has 1 aromatic heterocycles. The van der Waals surface area contributed by atoms with Crippen molar-refractivity contribution in [3.05, 3.63) is 17.2 Å². The molecule has 0 unspecified atom stereocenters. The summed E-state index contributed by atoms with van der Waals surface area (Å²) < 4.78 is 2.57. The lowest BCUT2D eigenvalue weighted by Gasteiger charge is -2.23. The molecule has 1 saturated carbocycles. The molecule has 0 atom stereocenters. The molecule has 0 aromatic carbocycles. The first-order valence-corrected chi connectivity index (χ1v) is 7.13. The highest BCUT2D eigenvalue weighted by molar-refractivity contribution is 5.20. The summed E-state index contributed by atoms with van der Waals surface area (Å²) in [4.78, 5) is 4.76. The van der Waals surface area contributed by atoms with Crippen LogP contribution in [0.2, 0.25) is 0 Å². The van der Waals surface area contributed by atoms with E-state index in [1.54, 1.807) is 0 Å². The highest BCUT2D eigenvalue weighted by Crippen LogP contribution is 2.31. The van der Waals surface area contributed by atoms with E-state index in [9.17, 15) is 0 Å². The van der Waals surface area contributed by atoms with Crippen LogP contribution in [0.3, 0.4) is 0 Å². The fourth-order valence-corrected chi connectivity index (χ4v) is 3.47. The lowest BCUT2D eigenvalue weighted by atomic mass is 10.1. The second-order valence-electron chi connectivity index (χ2n) is 5.49. The lowest BCUT2D eigenvalue weighted by Crippen LogP contribution is -2.26. The quantitative estimate of drug-likeness (QED) is 0.756. The van der Waals surface area contributed by atoms with Gasteiger partial charge in [0.2, 0.25) is 0 Å². The zero-order valence-corrected chi connectivity index (χ0v) is 10.8. The molecule has 0 radical (unpaired) electrons. The summed E-state index contributed by atoms with van der Waals surface area (Å²) in [5.41, 5.74) is 2.83. The monoisotopic (exact) mass is 233 g/mol. The molecule has 94 valence electrons. The van der Waals surface area contributed by atoms with Gasteiger partial charge in [0.25, 0.3) is 0 Å². The van der Waals surface area contributed by atoms with Gasteiger partial charge in [-0.2, -0.15) is 0 Å². The van der Waals surface area contributed by atoms with Crippen LogP contribution in [0, 0.1) is 6.92 Å². The fraction of sp³-hybridized carbons (Fsp3) is 0.786. The van der Waals surface area contributed by atoms with E-state index in [0.29, 0.717) is 0 Å². The van der Waals surface area contributed by atoms with Crippen molar-refractivity contribution in [2.24, 2.45) is 0 Å². The van der Waals surface area contributed by atoms with Gasteiger partial charge in [-0.25, -0.2) is 4.98 Å². The zero-order chi connectivity index (χ0) is 11.7. The first-order valence-electron chi connectivity index (χ1n) is 7.13. The summed E-state index contributed by atoms with van der Waals surface area (Å²) in [6.07, 6.45) is 9.52. The van der Waals surface area contributed by atoms with Crippen molar-refractivity contribution in [3.8, 4) is 0 Å². The molecular weight excluding hydrogens is 210 g/mol. The van der Waals surface area contributed by atoms with E-state index < -0.39 is 0 Å². The third-order valence-electron chi connectivity index (χ3n) is 4.29. The van der Waals surface area contributed by atoms with Gasteiger partial charge in [0.1, 0.15) is 5.82 Å². The Labute approximate surface area is 104 Å². The van der Waals surface area contributed by atoms with Crippen molar-refractivity contribution >= 4 is 0 Å². The van der Waals surface area contributed by atoms with Gasteiger partial charge in [0, 0.05) is 31.2 Å². The SMILES string of the molecule is Cc1nc2c(n1C1CCCCCC1)CCNC2. The van der Waals surface area contributed by atoms with Gasteiger partial charge < -0.3 is 9.88 Å². The number of nitrogens with zero attached hydrogens (tertiary/aromatic N) is 2. The Morgan fingerprint density at radius 2 is 1.94 bits per heavy atom. The van der Waals surface area contributed by atoms with E-state index in [1.165, 1.54) is 55.7 Å². The first-order chi connectivity index (χ1) is 8.36. The number of nitrogens with one attached hydrogen (secondary N) is 1. The third-order valence-corrected chi connectivity index (χ3v) is 4.29. The molecule has 2 aliphatic rings. The largest absolute Gasteiger partial charge is 0.329 e. The van der Waals surface area contributed by atoms with E-state index in [4.69, 9.17) is 4.98 Å². The highest BCUT2D eigenvalue weighted by Gasteiger charge is 2.23. The maximum absolute atomic E-state index is 4.76. The van der Waals surface area contributed by atoms with Crippen molar-refractivity contribution in [2.45, 2.75) is 64.5 Å². The van der Waals surface area contributed by atoms with Gasteiger partial charge in [0.15, 0.2) is 0 Å². The van der Waals surface area contributed by atoms with Gasteiger partial charge in [-0.15, -0.1) is 0 Å². The van der Waals surface area contributed by atoms with Crippen LogP contribution in [-0.4, -0.2) is 16.1 Å². The van der Waals surface area contributed by atoms with Crippen LogP contribution in [-0.2, 0) is 13.0 Å². The summed E-state index contributed by atoms with van der Waals surface area (Å²) in [6.45, 7) is 4.27. The Hall–Kier alpha value is -0.830. The summed E-state index contributed by atoms with van der Waals surface area (Å²) in [7, 11) is 0. The molecule has 1 fully saturated rings. The van der Waals surface area contributed by atoms with Crippen molar-refractivity contribution in [2.75, 3.05) is 6.54 Å². The molecular formula is C14H23N3. The Morgan fingerprint density at radius 1 is 1.18 bits per heavy atom. The number of aromatic nitrogens is 2. The Bertz CT molecular complexity index is 386. The Kier molecular flexibility index (Phi) is 3.19. The zero-order valence-electron chi connectivity index (χ0n) is 10.8. The predicted molar refractivity (Wildman–Crippen MR) is 69.1 cm³/mol. The molecule has 1 aromatic rings. The van der Waals surface area contributed by atoms with Crippen LogP contribution in [0.15, 0.2) is 0 Å². The second-order valence-corrected chi connectivity index (χ2v) is 5.49. The Morgan fingerprint density at radius 3 is 2.71 bits per heavy atom. The molecule has 1 N–H and O–H groups in total. The smallest absolute Gasteiger partial charge is 0.106 e. The molecule has 1 aliphatic carbocycles. The topological polar surface area (TPSA) is 29.9 Å². The van der Waals surface area contributed by atoms with Crippen LogP contribution >= 0.6 is 0 Å². The van der Waals surface area contributed by atoms with Crippen LogP contribution in [0.4, 0.5) is 0 Å². The van der Waals surface area contributed by atoms with Crippen molar-refractivity contribution in [1.82, 2.24) is 14.9 Å². The van der Waals surface area contributed by atoms with Crippen LogP contribution < -0.4 is 5.32 Å². The van der Waals surface area contributed by atoms with Crippen LogP contribution in [0.1, 0.15) is 61.8 Å². The fourth-order valence-electron chi connectivity index (χ4n) is 3.47. The van der Waals surface area contributed by atoms with Crippen LogP contribution in [0.25, 0.3) is 0 Å². The molecule has 0 saturated heterocycles. The number of hydrogen-bond donors (Lipinski definition) is 1. The van der Waals surface area contributed by atoms with Crippen molar-refractivity contribution in [1.29, 1.82) is 0 Å².